The highest BCUT2D eigenvalue weighted by Gasteiger charge is 2.18. The molecule has 258 valence electrons. The Balaban J connectivity index is 1.06. The van der Waals surface area contributed by atoms with Gasteiger partial charge in [0, 0.05) is 59.8 Å². The average molecular weight is 683 g/mol. The Labute approximate surface area is 305 Å². The van der Waals surface area contributed by atoms with Gasteiger partial charge in [-0.05, 0) is 98.5 Å². The topological polar surface area (TPSA) is 58.5 Å². The minimum Gasteiger partial charge on any atom is -0.436 e. The predicted molar refractivity (Wildman–Crippen MR) is 216 cm³/mol. The maximum atomic E-state index is 6.37. The summed E-state index contributed by atoms with van der Waals surface area (Å²) in [4.78, 5) is 14.6. The van der Waals surface area contributed by atoms with Gasteiger partial charge < -0.3 is 18.6 Å². The SMILES string of the molecule is CCN(CC)c1cc2nc(-c3ccc(-c4ccc(-c5nc6cc(N(CC)CC)c(-c7ccccc7)cc6o5)cc4)cc3)oc2cc1-c1ccccc1. The molecule has 0 saturated carbocycles. The summed E-state index contributed by atoms with van der Waals surface area (Å²) in [6, 6.07) is 46.4. The number of rotatable bonds is 11. The van der Waals surface area contributed by atoms with Crippen molar-refractivity contribution in [2.45, 2.75) is 27.7 Å². The first-order valence-corrected chi connectivity index (χ1v) is 18.3. The lowest BCUT2D eigenvalue weighted by Gasteiger charge is -2.24. The van der Waals surface area contributed by atoms with E-state index in [1.54, 1.807) is 0 Å². The standard InChI is InChI=1S/C46H42N4O2/c1-5-49(6-2)41-29-39-43(27-37(41)33-15-11-9-12-16-33)51-45(47-39)35-23-19-31(20-24-35)32-21-25-36(26-22-32)46-48-40-30-42(50(7-3)8-4)38(28-44(40)52-46)34-17-13-10-14-18-34/h9-30H,5-8H2,1-4H3. The summed E-state index contributed by atoms with van der Waals surface area (Å²) in [5.41, 5.74) is 14.3. The van der Waals surface area contributed by atoms with E-state index < -0.39 is 0 Å². The molecule has 2 aromatic heterocycles. The molecule has 0 atom stereocenters. The number of fused-ring (bicyclic) bond motifs is 2. The quantitative estimate of drug-likeness (QED) is 0.135. The van der Waals surface area contributed by atoms with Gasteiger partial charge >= 0.3 is 0 Å². The summed E-state index contributed by atoms with van der Waals surface area (Å²) < 4.78 is 12.7. The van der Waals surface area contributed by atoms with Gasteiger partial charge in [0.25, 0.3) is 0 Å². The van der Waals surface area contributed by atoms with Crippen molar-refractivity contribution in [1.82, 2.24) is 9.97 Å². The Morgan fingerprint density at radius 2 is 0.750 bits per heavy atom. The maximum Gasteiger partial charge on any atom is 0.227 e. The second-order valence-electron chi connectivity index (χ2n) is 12.9. The van der Waals surface area contributed by atoms with Crippen LogP contribution in [0.3, 0.4) is 0 Å². The Kier molecular flexibility index (Phi) is 9.04. The molecule has 6 aromatic carbocycles. The van der Waals surface area contributed by atoms with Crippen molar-refractivity contribution < 1.29 is 8.83 Å². The van der Waals surface area contributed by atoms with Gasteiger partial charge in [-0.3, -0.25) is 0 Å². The fraction of sp³-hybridized carbons (Fsp3) is 0.174. The molecule has 6 heteroatoms. The van der Waals surface area contributed by atoms with Crippen molar-refractivity contribution >= 4 is 33.6 Å². The first kappa shape index (κ1) is 33.0. The Hall–Kier alpha value is -6.14. The molecule has 0 aliphatic rings. The van der Waals surface area contributed by atoms with Gasteiger partial charge in [0.1, 0.15) is 11.0 Å². The number of oxazole rings is 2. The van der Waals surface area contributed by atoms with Crippen molar-refractivity contribution in [2.75, 3.05) is 36.0 Å². The number of hydrogen-bond donors (Lipinski definition) is 0. The molecule has 0 saturated heterocycles. The van der Waals surface area contributed by atoms with Gasteiger partial charge in [-0.25, -0.2) is 9.97 Å². The van der Waals surface area contributed by atoms with E-state index in [1.165, 1.54) is 11.4 Å². The second-order valence-corrected chi connectivity index (χ2v) is 12.9. The first-order valence-electron chi connectivity index (χ1n) is 18.3. The minimum atomic E-state index is 0.614. The highest BCUT2D eigenvalue weighted by molar-refractivity contribution is 5.92. The molecule has 0 aliphatic heterocycles. The lowest BCUT2D eigenvalue weighted by molar-refractivity contribution is 0.619. The fourth-order valence-corrected chi connectivity index (χ4v) is 7.13. The molecule has 8 rings (SSSR count). The normalized spacial score (nSPS) is 11.4. The number of benzene rings is 6. The van der Waals surface area contributed by atoms with Crippen LogP contribution in [-0.2, 0) is 0 Å². The number of aromatic nitrogens is 2. The number of anilines is 2. The van der Waals surface area contributed by atoms with Crippen LogP contribution in [0.5, 0.6) is 0 Å². The van der Waals surface area contributed by atoms with Crippen LogP contribution in [0.15, 0.2) is 142 Å². The molecule has 0 aliphatic carbocycles. The molecular weight excluding hydrogens is 641 g/mol. The van der Waals surface area contributed by atoms with Gasteiger partial charge in [0.05, 0.1) is 0 Å². The Bertz CT molecular complexity index is 2260. The Morgan fingerprint density at radius 1 is 0.404 bits per heavy atom. The van der Waals surface area contributed by atoms with E-state index in [4.69, 9.17) is 18.8 Å². The van der Waals surface area contributed by atoms with Crippen molar-refractivity contribution in [3.63, 3.8) is 0 Å². The van der Waals surface area contributed by atoms with Crippen LogP contribution in [0, 0.1) is 0 Å². The van der Waals surface area contributed by atoms with Gasteiger partial charge in [-0.15, -0.1) is 0 Å². The highest BCUT2D eigenvalue weighted by Crippen LogP contribution is 2.39. The zero-order valence-electron chi connectivity index (χ0n) is 30.1. The van der Waals surface area contributed by atoms with Crippen LogP contribution < -0.4 is 9.80 Å². The lowest BCUT2D eigenvalue weighted by Crippen LogP contribution is -2.22. The van der Waals surface area contributed by atoms with Gasteiger partial charge in [-0.1, -0.05) is 84.9 Å². The summed E-state index contributed by atoms with van der Waals surface area (Å²) in [5.74, 6) is 1.23. The predicted octanol–water partition coefficient (Wildman–Crippen LogP) is 12.0. The lowest BCUT2D eigenvalue weighted by atomic mass is 10.0. The van der Waals surface area contributed by atoms with E-state index in [1.807, 2.05) is 12.1 Å². The third kappa shape index (κ3) is 6.21. The van der Waals surface area contributed by atoms with Crippen molar-refractivity contribution in [2.24, 2.45) is 0 Å². The molecule has 52 heavy (non-hydrogen) atoms. The molecule has 0 N–H and O–H groups in total. The fourth-order valence-electron chi connectivity index (χ4n) is 7.13. The van der Waals surface area contributed by atoms with Crippen LogP contribution in [0.25, 0.3) is 78.5 Å². The number of hydrogen-bond acceptors (Lipinski definition) is 6. The van der Waals surface area contributed by atoms with E-state index >= 15 is 0 Å². The Morgan fingerprint density at radius 3 is 1.10 bits per heavy atom. The molecule has 0 spiro atoms. The van der Waals surface area contributed by atoms with Gasteiger partial charge in [0.2, 0.25) is 11.8 Å². The summed E-state index contributed by atoms with van der Waals surface area (Å²) in [7, 11) is 0. The molecule has 0 unspecified atom stereocenters. The summed E-state index contributed by atoms with van der Waals surface area (Å²) in [5, 5.41) is 0. The van der Waals surface area contributed by atoms with Crippen LogP contribution in [-0.4, -0.2) is 36.1 Å². The summed E-state index contributed by atoms with van der Waals surface area (Å²) >= 11 is 0. The highest BCUT2D eigenvalue weighted by atomic mass is 16.4. The average Bonchev–Trinajstić information content (AvgIpc) is 3.83. The third-order valence-electron chi connectivity index (χ3n) is 9.99. The van der Waals surface area contributed by atoms with E-state index in [9.17, 15) is 0 Å². The molecule has 0 fully saturated rings. The third-order valence-corrected chi connectivity index (χ3v) is 9.99. The van der Waals surface area contributed by atoms with Gasteiger partial charge in [-0.2, -0.15) is 0 Å². The first-order chi connectivity index (χ1) is 25.6. The number of nitrogens with zero attached hydrogens (tertiary/aromatic N) is 4. The van der Waals surface area contributed by atoms with Crippen LogP contribution in [0.1, 0.15) is 27.7 Å². The zero-order chi connectivity index (χ0) is 35.6. The summed E-state index contributed by atoms with van der Waals surface area (Å²) in [6.45, 7) is 12.4. The second kappa shape index (κ2) is 14.2. The van der Waals surface area contributed by atoms with E-state index in [0.717, 1.165) is 92.9 Å². The smallest absolute Gasteiger partial charge is 0.227 e. The van der Waals surface area contributed by atoms with Crippen LogP contribution in [0.4, 0.5) is 11.4 Å². The van der Waals surface area contributed by atoms with Crippen molar-refractivity contribution in [1.29, 1.82) is 0 Å². The molecule has 2 heterocycles. The summed E-state index contributed by atoms with van der Waals surface area (Å²) in [6.07, 6.45) is 0. The van der Waals surface area contributed by atoms with Gasteiger partial charge in [0.15, 0.2) is 11.2 Å². The van der Waals surface area contributed by atoms with E-state index in [2.05, 4.69) is 159 Å². The van der Waals surface area contributed by atoms with E-state index in [0.29, 0.717) is 11.8 Å². The molecule has 8 aromatic rings. The van der Waals surface area contributed by atoms with Crippen molar-refractivity contribution in [3.8, 4) is 56.3 Å². The van der Waals surface area contributed by atoms with E-state index in [-0.39, 0.29) is 0 Å². The van der Waals surface area contributed by atoms with Crippen LogP contribution in [0.2, 0.25) is 0 Å². The maximum absolute atomic E-state index is 6.37. The molecular formula is C46H42N4O2. The largest absolute Gasteiger partial charge is 0.436 e. The monoisotopic (exact) mass is 682 g/mol. The van der Waals surface area contributed by atoms with Crippen molar-refractivity contribution in [3.05, 3.63) is 133 Å². The van der Waals surface area contributed by atoms with Crippen LogP contribution >= 0.6 is 0 Å². The molecule has 0 bridgehead atoms. The molecule has 0 radical (unpaired) electrons. The molecule has 6 nitrogen and oxygen atoms in total. The molecule has 0 amide bonds. The minimum absolute atomic E-state index is 0.614. The zero-order valence-corrected chi connectivity index (χ0v) is 30.1.